The lowest BCUT2D eigenvalue weighted by molar-refractivity contribution is -0.221. The minimum atomic E-state index is -1.26. The van der Waals surface area contributed by atoms with Crippen molar-refractivity contribution >= 4 is 23.8 Å². The van der Waals surface area contributed by atoms with Gasteiger partial charge in [-0.2, -0.15) is 11.8 Å². The Hall–Kier alpha value is -1.80. The summed E-state index contributed by atoms with van der Waals surface area (Å²) >= 11 is 1.80. The van der Waals surface area contributed by atoms with Gasteiger partial charge in [0.25, 0.3) is 0 Å². The fourth-order valence-corrected chi connectivity index (χ4v) is 14.8. The molecule has 0 spiro atoms. The largest absolute Gasteiger partial charge is 0.481 e. The van der Waals surface area contributed by atoms with E-state index in [9.17, 15) is 24.2 Å². The molecule has 4 fully saturated rings. The molecule has 6 nitrogen and oxygen atoms in total. The highest BCUT2D eigenvalue weighted by Gasteiger charge is 2.70. The quantitative estimate of drug-likeness (QED) is 0.136. The van der Waals surface area contributed by atoms with E-state index in [1.54, 1.807) is 16.7 Å². The van der Waals surface area contributed by atoms with E-state index < -0.39 is 24.2 Å². The molecule has 0 aromatic carbocycles. The van der Waals surface area contributed by atoms with Crippen LogP contribution in [0.2, 0.25) is 0 Å². The molecule has 4 saturated carbocycles. The first-order valence-electron chi connectivity index (χ1n) is 20.6. The van der Waals surface area contributed by atoms with Crippen molar-refractivity contribution in [2.45, 2.75) is 131 Å². The van der Waals surface area contributed by atoms with Crippen molar-refractivity contribution in [3.8, 4) is 0 Å². The van der Waals surface area contributed by atoms with Gasteiger partial charge in [-0.3, -0.25) is 4.79 Å². The SMILES string of the molecule is C=C(C)[C@@H]1CC[C@]2(NCCN(CCSCC)C(=O)O)CC[C@]3(C)[C@H](CC[C@@H]4[C@@]5(C)CC=C(C6=CC[C@@](CF)(C(=O)O)CC6)C(C)(C)[C@@H]5CC[C@]43C)[C@@H]12. The normalized spacial score (nSPS) is 42.1. The third-order valence-corrected chi connectivity index (χ3v) is 18.0. The van der Waals surface area contributed by atoms with Gasteiger partial charge in [-0.15, -0.1) is 0 Å². The highest BCUT2D eigenvalue weighted by atomic mass is 32.2. The van der Waals surface area contributed by atoms with Crippen LogP contribution in [0.5, 0.6) is 0 Å². The van der Waals surface area contributed by atoms with Gasteiger partial charge in [-0.1, -0.05) is 65.8 Å². The van der Waals surface area contributed by atoms with Crippen LogP contribution in [-0.2, 0) is 4.79 Å². The van der Waals surface area contributed by atoms with Gasteiger partial charge in [0.2, 0.25) is 0 Å². The molecule has 0 aliphatic heterocycles. The van der Waals surface area contributed by atoms with E-state index in [2.05, 4.69) is 72.5 Å². The number of fused-ring (bicyclic) bond motifs is 7. The number of nitrogens with zero attached hydrogens (tertiary/aromatic N) is 1. The van der Waals surface area contributed by atoms with Gasteiger partial charge >= 0.3 is 12.1 Å². The van der Waals surface area contributed by atoms with Crippen molar-refractivity contribution in [2.24, 2.45) is 56.7 Å². The molecule has 0 aromatic rings. The Bertz CT molecular complexity index is 1480. The van der Waals surface area contributed by atoms with Gasteiger partial charge in [0, 0.05) is 30.9 Å². The number of amides is 1. The smallest absolute Gasteiger partial charge is 0.407 e. The lowest BCUT2D eigenvalue weighted by Crippen LogP contribution is -2.68. The molecule has 52 heavy (non-hydrogen) atoms. The number of nitrogens with one attached hydrogen (secondary N) is 1. The summed E-state index contributed by atoms with van der Waals surface area (Å²) in [7, 11) is 0. The molecule has 0 saturated heterocycles. The predicted molar refractivity (Wildman–Crippen MR) is 211 cm³/mol. The number of rotatable bonds is 12. The minimum absolute atomic E-state index is 0.0297. The van der Waals surface area contributed by atoms with Crippen LogP contribution in [0.1, 0.15) is 126 Å². The van der Waals surface area contributed by atoms with Gasteiger partial charge in [0.15, 0.2) is 0 Å². The van der Waals surface area contributed by atoms with Gasteiger partial charge in [0.05, 0.1) is 5.41 Å². The fraction of sp³-hybridized carbons (Fsp3) is 0.818. The Morgan fingerprint density at radius 2 is 1.69 bits per heavy atom. The summed E-state index contributed by atoms with van der Waals surface area (Å²) in [6.07, 6.45) is 15.7. The van der Waals surface area contributed by atoms with Gasteiger partial charge in [0.1, 0.15) is 6.67 Å². The van der Waals surface area contributed by atoms with E-state index in [4.69, 9.17) is 0 Å². The highest BCUT2D eigenvalue weighted by molar-refractivity contribution is 7.99. The molecule has 292 valence electrons. The van der Waals surface area contributed by atoms with E-state index in [1.807, 2.05) is 0 Å². The van der Waals surface area contributed by atoms with Crippen molar-refractivity contribution in [2.75, 3.05) is 37.8 Å². The zero-order chi connectivity index (χ0) is 37.9. The van der Waals surface area contributed by atoms with Crippen LogP contribution < -0.4 is 5.32 Å². The summed E-state index contributed by atoms with van der Waals surface area (Å²) in [5.74, 6) is 3.64. The molecular weight excluding hydrogens is 672 g/mol. The second kappa shape index (κ2) is 14.4. The summed E-state index contributed by atoms with van der Waals surface area (Å²) in [6.45, 7) is 22.8. The van der Waals surface area contributed by atoms with Gasteiger partial charge in [-0.25, -0.2) is 9.18 Å². The Labute approximate surface area is 318 Å². The first kappa shape index (κ1) is 39.9. The topological polar surface area (TPSA) is 89.9 Å². The molecule has 6 rings (SSSR count). The Morgan fingerprint density at radius 1 is 0.942 bits per heavy atom. The number of carboxylic acid groups (broad SMARTS) is 2. The van der Waals surface area contributed by atoms with E-state index in [0.29, 0.717) is 62.1 Å². The molecule has 10 atom stereocenters. The number of halogens is 1. The summed E-state index contributed by atoms with van der Waals surface area (Å²) in [5.41, 5.74) is 3.34. The molecule has 0 aromatic heterocycles. The van der Waals surface area contributed by atoms with Crippen LogP contribution in [0.15, 0.2) is 35.5 Å². The minimum Gasteiger partial charge on any atom is -0.481 e. The fourth-order valence-electron chi connectivity index (χ4n) is 14.2. The Morgan fingerprint density at radius 3 is 2.31 bits per heavy atom. The summed E-state index contributed by atoms with van der Waals surface area (Å²) in [5, 5.41) is 23.8. The van der Waals surface area contributed by atoms with E-state index in [1.165, 1.54) is 55.2 Å². The van der Waals surface area contributed by atoms with Crippen LogP contribution in [0.4, 0.5) is 9.18 Å². The average molecular weight is 741 g/mol. The van der Waals surface area contributed by atoms with Crippen LogP contribution >= 0.6 is 11.8 Å². The van der Waals surface area contributed by atoms with Crippen molar-refractivity contribution in [1.82, 2.24) is 10.2 Å². The molecule has 1 amide bonds. The second-order valence-electron chi connectivity index (χ2n) is 19.4. The average Bonchev–Trinajstić information content (AvgIpc) is 3.48. The Balaban J connectivity index is 1.25. The van der Waals surface area contributed by atoms with Gasteiger partial charge in [-0.05, 0) is 152 Å². The molecule has 0 radical (unpaired) electrons. The number of aliphatic carboxylic acids is 1. The number of carbonyl (C=O) groups is 2. The maximum atomic E-state index is 14.0. The Kier molecular flexibility index (Phi) is 11.0. The highest BCUT2D eigenvalue weighted by Crippen LogP contribution is 2.76. The summed E-state index contributed by atoms with van der Waals surface area (Å²) in [6, 6.07) is 0. The number of hydrogen-bond donors (Lipinski definition) is 3. The molecule has 0 unspecified atom stereocenters. The molecule has 3 N–H and O–H groups in total. The van der Waals surface area contributed by atoms with E-state index in [-0.39, 0.29) is 33.6 Å². The summed E-state index contributed by atoms with van der Waals surface area (Å²) in [4.78, 5) is 25.7. The number of thioether (sulfide) groups is 1. The first-order chi connectivity index (χ1) is 24.5. The molecule has 0 heterocycles. The van der Waals surface area contributed by atoms with Gasteiger partial charge < -0.3 is 20.4 Å². The van der Waals surface area contributed by atoms with Crippen LogP contribution in [0, 0.1) is 56.7 Å². The summed E-state index contributed by atoms with van der Waals surface area (Å²) < 4.78 is 14.0. The molecule has 6 aliphatic rings. The van der Waals surface area contributed by atoms with Crippen molar-refractivity contribution in [3.63, 3.8) is 0 Å². The van der Waals surface area contributed by atoms with Crippen molar-refractivity contribution in [1.29, 1.82) is 0 Å². The van der Waals surface area contributed by atoms with E-state index >= 15 is 0 Å². The zero-order valence-electron chi connectivity index (χ0n) is 33.4. The molecule has 0 bridgehead atoms. The molecule has 8 heteroatoms. The zero-order valence-corrected chi connectivity index (χ0v) is 34.2. The third kappa shape index (κ3) is 6.14. The maximum Gasteiger partial charge on any atom is 0.407 e. The van der Waals surface area contributed by atoms with Crippen molar-refractivity contribution < 1.29 is 24.2 Å². The van der Waals surface area contributed by atoms with Crippen LogP contribution in [0.25, 0.3) is 0 Å². The lowest BCUT2D eigenvalue weighted by atomic mass is 9.33. The number of alkyl halides is 1. The molecular formula is C44H69FN2O4S. The monoisotopic (exact) mass is 740 g/mol. The van der Waals surface area contributed by atoms with E-state index in [0.717, 1.165) is 30.8 Å². The maximum absolute atomic E-state index is 14.0. The van der Waals surface area contributed by atoms with Crippen LogP contribution in [0.3, 0.4) is 0 Å². The lowest BCUT2D eigenvalue weighted by Gasteiger charge is -2.72. The molecule has 6 aliphatic carbocycles. The first-order valence-corrected chi connectivity index (χ1v) is 21.8. The predicted octanol–water partition coefficient (Wildman–Crippen LogP) is 10.4. The number of allylic oxidation sites excluding steroid dienone is 5. The number of hydrogen-bond acceptors (Lipinski definition) is 4. The van der Waals surface area contributed by atoms with Crippen LogP contribution in [-0.4, -0.2) is 70.5 Å². The second-order valence-corrected chi connectivity index (χ2v) is 20.8. The standard InChI is InChI=1S/C44H69FN2O4S/c1-9-52-27-26-47(38(50)51)25-24-46-44-21-14-31(29(2)3)36(44)33-10-11-35-40(6)17-15-32(30-12-19-43(28-45,20-13-30)37(48)49)39(4,5)34(40)16-18-42(35,8)41(33,7)22-23-44/h12,15,31,33-36,46H,2,9-11,13-14,16-28H2,1,3-8H3,(H,48,49)(H,50,51)/t31-,33+,34-,35+,36+,40-,41+,42+,43+,44-/m0/s1. The third-order valence-electron chi connectivity index (χ3n) is 17.2. The number of carboxylic acids is 1. The van der Waals surface area contributed by atoms with Crippen molar-refractivity contribution in [3.05, 3.63) is 35.5 Å².